The summed E-state index contributed by atoms with van der Waals surface area (Å²) in [7, 11) is -3.59. The van der Waals surface area contributed by atoms with E-state index in [1.54, 1.807) is 36.9 Å². The summed E-state index contributed by atoms with van der Waals surface area (Å²) in [6, 6.07) is 12.3. The second-order valence-corrected chi connectivity index (χ2v) is 12.0. The Morgan fingerprint density at radius 2 is 1.72 bits per heavy atom. The molecule has 0 bridgehead atoms. The Hall–Kier alpha value is -2.58. The molecule has 7 nitrogen and oxygen atoms in total. The second-order valence-electron chi connectivity index (χ2n) is 9.65. The lowest BCUT2D eigenvalue weighted by Gasteiger charge is -2.30. The molecule has 1 atom stereocenters. The van der Waals surface area contributed by atoms with Gasteiger partial charge in [-0.1, -0.05) is 61.3 Å². The summed E-state index contributed by atoms with van der Waals surface area (Å²) in [6.45, 7) is 10.4. The van der Waals surface area contributed by atoms with Gasteiger partial charge in [-0.05, 0) is 56.4 Å². The van der Waals surface area contributed by atoms with Gasteiger partial charge < -0.3 is 10.2 Å². The maximum absolute atomic E-state index is 13.4. The van der Waals surface area contributed by atoms with Crippen molar-refractivity contribution in [1.82, 2.24) is 10.2 Å². The first-order chi connectivity index (χ1) is 16.8. The molecule has 2 aromatic carbocycles. The van der Waals surface area contributed by atoms with Gasteiger partial charge in [0.1, 0.15) is 6.04 Å². The van der Waals surface area contributed by atoms with Crippen LogP contribution in [0.15, 0.2) is 42.5 Å². The third-order valence-corrected chi connectivity index (χ3v) is 7.54. The van der Waals surface area contributed by atoms with Crippen molar-refractivity contribution in [3.8, 4) is 0 Å². The smallest absolute Gasteiger partial charge is 0.242 e. The van der Waals surface area contributed by atoms with Crippen molar-refractivity contribution in [3.05, 3.63) is 64.2 Å². The van der Waals surface area contributed by atoms with Crippen molar-refractivity contribution in [2.45, 2.75) is 60.0 Å². The molecule has 0 saturated heterocycles. The third-order valence-electron chi connectivity index (χ3n) is 5.95. The fourth-order valence-corrected chi connectivity index (χ4v) is 5.08. The number of hydrogen-bond acceptors (Lipinski definition) is 4. The highest BCUT2D eigenvalue weighted by atomic mass is 35.5. The number of nitrogens with zero attached hydrogens (tertiary/aromatic N) is 2. The molecule has 2 rings (SSSR count). The summed E-state index contributed by atoms with van der Waals surface area (Å²) >= 11 is 6.21. The Morgan fingerprint density at radius 3 is 2.33 bits per heavy atom. The molecular weight excluding hydrogens is 498 g/mol. The molecule has 2 amide bonds. The maximum Gasteiger partial charge on any atom is 0.242 e. The first-order valence-electron chi connectivity index (χ1n) is 12.2. The Balaban J connectivity index is 2.20. The zero-order chi connectivity index (χ0) is 27.0. The molecule has 0 aliphatic carbocycles. The fourth-order valence-electron chi connectivity index (χ4n) is 3.89. The van der Waals surface area contributed by atoms with E-state index in [4.69, 9.17) is 11.6 Å². The lowest BCUT2D eigenvalue weighted by molar-refractivity contribution is -0.140. The van der Waals surface area contributed by atoms with Crippen LogP contribution in [0.3, 0.4) is 0 Å². The van der Waals surface area contributed by atoms with E-state index in [0.717, 1.165) is 17.4 Å². The predicted octanol–water partition coefficient (Wildman–Crippen LogP) is 4.69. The number of aryl methyl sites for hydroxylation is 1. The minimum Gasteiger partial charge on any atom is -0.354 e. The monoisotopic (exact) mass is 535 g/mol. The van der Waals surface area contributed by atoms with Crippen LogP contribution in [0.2, 0.25) is 5.02 Å². The van der Waals surface area contributed by atoms with Gasteiger partial charge in [0.15, 0.2) is 0 Å². The molecule has 0 aliphatic rings. The number of sulfonamides is 1. The zero-order valence-corrected chi connectivity index (χ0v) is 23.6. The number of halogens is 1. The van der Waals surface area contributed by atoms with E-state index >= 15 is 0 Å². The SMILES string of the molecule is Cc1cccc(CN(C(=O)CCCN(c2cccc(Cl)c2C)S(C)(=O)=O)C(C)C(=O)NCC(C)C)c1. The number of carbonyl (C=O) groups is 2. The first-order valence-corrected chi connectivity index (χ1v) is 14.4. The highest BCUT2D eigenvalue weighted by Crippen LogP contribution is 2.28. The molecule has 36 heavy (non-hydrogen) atoms. The van der Waals surface area contributed by atoms with Gasteiger partial charge in [-0.2, -0.15) is 0 Å². The molecule has 0 fully saturated rings. The van der Waals surface area contributed by atoms with Crippen molar-refractivity contribution in [1.29, 1.82) is 0 Å². The lowest BCUT2D eigenvalue weighted by atomic mass is 10.1. The minimum absolute atomic E-state index is 0.0965. The molecule has 9 heteroatoms. The topological polar surface area (TPSA) is 86.8 Å². The Bertz CT molecular complexity index is 1170. The average Bonchev–Trinajstić information content (AvgIpc) is 2.79. The van der Waals surface area contributed by atoms with Crippen LogP contribution >= 0.6 is 11.6 Å². The van der Waals surface area contributed by atoms with E-state index in [0.29, 0.717) is 41.7 Å². The van der Waals surface area contributed by atoms with Crippen LogP contribution in [0.5, 0.6) is 0 Å². The van der Waals surface area contributed by atoms with Crippen molar-refractivity contribution in [2.24, 2.45) is 5.92 Å². The van der Waals surface area contributed by atoms with Gasteiger partial charge >= 0.3 is 0 Å². The predicted molar refractivity (Wildman–Crippen MR) is 147 cm³/mol. The molecule has 2 aromatic rings. The molecule has 198 valence electrons. The van der Waals surface area contributed by atoms with E-state index in [2.05, 4.69) is 5.32 Å². The molecule has 0 heterocycles. The van der Waals surface area contributed by atoms with Crippen LogP contribution in [-0.2, 0) is 26.2 Å². The van der Waals surface area contributed by atoms with Crippen molar-refractivity contribution >= 4 is 39.1 Å². The van der Waals surface area contributed by atoms with E-state index in [9.17, 15) is 18.0 Å². The summed E-state index contributed by atoms with van der Waals surface area (Å²) in [6.07, 6.45) is 1.53. The van der Waals surface area contributed by atoms with Crippen molar-refractivity contribution in [2.75, 3.05) is 23.7 Å². The fraction of sp³-hybridized carbons (Fsp3) is 0.481. The van der Waals surface area contributed by atoms with E-state index in [1.807, 2.05) is 45.0 Å². The maximum atomic E-state index is 13.4. The summed E-state index contributed by atoms with van der Waals surface area (Å²) in [5.74, 6) is -0.129. The van der Waals surface area contributed by atoms with Crippen molar-refractivity contribution < 1.29 is 18.0 Å². The van der Waals surface area contributed by atoms with Gasteiger partial charge in [0.25, 0.3) is 0 Å². The molecule has 0 aromatic heterocycles. The van der Waals surface area contributed by atoms with Crippen LogP contribution in [0.4, 0.5) is 5.69 Å². The second kappa shape index (κ2) is 13.1. The molecule has 0 radical (unpaired) electrons. The summed E-state index contributed by atoms with van der Waals surface area (Å²) in [5.41, 5.74) is 3.15. The summed E-state index contributed by atoms with van der Waals surface area (Å²) in [5, 5.41) is 3.38. The van der Waals surface area contributed by atoms with Gasteiger partial charge in [0.05, 0.1) is 11.9 Å². The van der Waals surface area contributed by atoms with Crippen LogP contribution < -0.4 is 9.62 Å². The number of rotatable bonds is 12. The largest absolute Gasteiger partial charge is 0.354 e. The van der Waals surface area contributed by atoms with E-state index < -0.39 is 16.1 Å². The molecule has 1 unspecified atom stereocenters. The van der Waals surface area contributed by atoms with Gasteiger partial charge in [-0.3, -0.25) is 13.9 Å². The minimum atomic E-state index is -3.59. The lowest BCUT2D eigenvalue weighted by Crippen LogP contribution is -2.48. The first kappa shape index (κ1) is 29.6. The van der Waals surface area contributed by atoms with Crippen molar-refractivity contribution in [3.63, 3.8) is 0 Å². The zero-order valence-electron chi connectivity index (χ0n) is 22.0. The number of nitrogens with one attached hydrogen (secondary N) is 1. The molecule has 0 saturated carbocycles. The Morgan fingerprint density at radius 1 is 1.06 bits per heavy atom. The number of amides is 2. The average molecular weight is 536 g/mol. The number of anilines is 1. The highest BCUT2D eigenvalue weighted by molar-refractivity contribution is 7.92. The van der Waals surface area contributed by atoms with E-state index in [1.165, 1.54) is 4.31 Å². The van der Waals surface area contributed by atoms with E-state index in [-0.39, 0.29) is 24.8 Å². The van der Waals surface area contributed by atoms with Gasteiger partial charge in [0.2, 0.25) is 21.8 Å². The highest BCUT2D eigenvalue weighted by Gasteiger charge is 2.27. The van der Waals surface area contributed by atoms with Crippen LogP contribution in [0.25, 0.3) is 0 Å². The molecular formula is C27H38ClN3O4S. The Labute approximate surface area is 220 Å². The van der Waals surface area contributed by atoms with Crippen LogP contribution in [0, 0.1) is 19.8 Å². The molecule has 0 aliphatic heterocycles. The van der Waals surface area contributed by atoms with Gasteiger partial charge in [-0.25, -0.2) is 8.42 Å². The number of hydrogen-bond donors (Lipinski definition) is 1. The Kier molecular flexibility index (Phi) is 10.8. The standard InChI is InChI=1S/C27H38ClN3O4S/c1-19(2)17-29-27(33)22(5)30(18-23-11-7-10-20(3)16-23)26(32)14-9-15-31(36(6,34)35)25-13-8-12-24(28)21(25)4/h7-8,10-13,16,19,22H,9,14-15,17-18H2,1-6H3,(H,29,33). The molecule has 1 N–H and O–H groups in total. The quantitative estimate of drug-likeness (QED) is 0.427. The van der Waals surface area contributed by atoms with Crippen LogP contribution in [0.1, 0.15) is 50.3 Å². The number of benzene rings is 2. The van der Waals surface area contributed by atoms with Gasteiger partial charge in [-0.15, -0.1) is 0 Å². The van der Waals surface area contributed by atoms with Crippen LogP contribution in [-0.4, -0.2) is 50.5 Å². The summed E-state index contributed by atoms with van der Waals surface area (Å²) < 4.78 is 26.4. The number of carbonyl (C=O) groups excluding carboxylic acids is 2. The third kappa shape index (κ3) is 8.52. The normalized spacial score (nSPS) is 12.3. The summed E-state index contributed by atoms with van der Waals surface area (Å²) in [4.78, 5) is 27.7. The van der Waals surface area contributed by atoms with Gasteiger partial charge in [0, 0.05) is 31.1 Å². The molecule has 0 spiro atoms.